The van der Waals surface area contributed by atoms with Gasteiger partial charge in [-0.05, 0) is 25.1 Å². The number of nitrogens with one attached hydrogen (secondary N) is 1. The summed E-state index contributed by atoms with van der Waals surface area (Å²) in [4.78, 5) is 0. The van der Waals surface area contributed by atoms with E-state index in [0.717, 1.165) is 12.1 Å². The molecule has 104 valence electrons. The lowest BCUT2D eigenvalue weighted by atomic mass is 10.1. The molecule has 2 unspecified atom stereocenters. The van der Waals surface area contributed by atoms with E-state index in [4.69, 9.17) is 11.0 Å². The monoisotopic (exact) mass is 273 g/mol. The highest BCUT2D eigenvalue weighted by molar-refractivity contribution is 5.53. The Morgan fingerprint density at radius 3 is 2.58 bits per heavy atom. The fraction of sp³-hybridized carbons (Fsp3) is 0.417. The molecule has 0 aliphatic rings. The van der Waals surface area contributed by atoms with Gasteiger partial charge in [0.2, 0.25) is 0 Å². The molecule has 0 aliphatic carbocycles. The summed E-state index contributed by atoms with van der Waals surface area (Å²) < 4.78 is 37.7. The van der Waals surface area contributed by atoms with Crippen molar-refractivity contribution in [3.63, 3.8) is 0 Å². The van der Waals surface area contributed by atoms with E-state index in [0.29, 0.717) is 5.69 Å². The number of halogens is 3. The number of hydrogen-bond acceptors (Lipinski definition) is 4. The van der Waals surface area contributed by atoms with Crippen LogP contribution in [0.2, 0.25) is 0 Å². The quantitative estimate of drug-likeness (QED) is 0.779. The molecule has 0 heterocycles. The Balaban J connectivity index is 2.87. The van der Waals surface area contributed by atoms with Gasteiger partial charge in [0, 0.05) is 18.3 Å². The maximum Gasteiger partial charge on any atom is 0.417 e. The maximum atomic E-state index is 12.6. The van der Waals surface area contributed by atoms with Gasteiger partial charge in [-0.25, -0.2) is 0 Å². The molecule has 0 spiro atoms. The number of rotatable bonds is 4. The number of alkyl halides is 3. The van der Waals surface area contributed by atoms with Crippen LogP contribution in [-0.4, -0.2) is 23.8 Å². The van der Waals surface area contributed by atoms with Crippen LogP contribution in [0.4, 0.5) is 18.9 Å². The van der Waals surface area contributed by atoms with Crippen molar-refractivity contribution in [1.29, 1.82) is 5.26 Å². The van der Waals surface area contributed by atoms with Crippen LogP contribution >= 0.6 is 0 Å². The first-order valence-corrected chi connectivity index (χ1v) is 5.54. The third kappa shape index (κ3) is 4.12. The van der Waals surface area contributed by atoms with E-state index in [9.17, 15) is 18.3 Å². The minimum Gasteiger partial charge on any atom is -0.392 e. The van der Waals surface area contributed by atoms with Crippen LogP contribution in [0.5, 0.6) is 0 Å². The highest BCUT2D eigenvalue weighted by Crippen LogP contribution is 2.32. The molecule has 0 amide bonds. The predicted molar refractivity (Wildman–Crippen MR) is 64.3 cm³/mol. The zero-order valence-electron chi connectivity index (χ0n) is 10.2. The molecule has 0 aromatic heterocycles. The fourth-order valence-electron chi connectivity index (χ4n) is 1.40. The first kappa shape index (κ1) is 15.3. The van der Waals surface area contributed by atoms with Crippen LogP contribution in [0.1, 0.15) is 18.1 Å². The highest BCUT2D eigenvalue weighted by atomic mass is 19.4. The lowest BCUT2D eigenvalue weighted by Gasteiger charge is -2.17. The second-order valence-electron chi connectivity index (χ2n) is 4.16. The van der Waals surface area contributed by atoms with Crippen molar-refractivity contribution in [1.82, 2.24) is 0 Å². The number of hydrogen-bond donors (Lipinski definition) is 3. The van der Waals surface area contributed by atoms with E-state index < -0.39 is 29.4 Å². The molecule has 1 aromatic carbocycles. The first-order chi connectivity index (χ1) is 8.75. The van der Waals surface area contributed by atoms with Gasteiger partial charge in [0.1, 0.15) is 0 Å². The van der Waals surface area contributed by atoms with Gasteiger partial charge in [-0.1, -0.05) is 0 Å². The van der Waals surface area contributed by atoms with Gasteiger partial charge in [-0.2, -0.15) is 18.4 Å². The van der Waals surface area contributed by atoms with Crippen LogP contribution in [-0.2, 0) is 6.18 Å². The molecule has 4 N–H and O–H groups in total. The summed E-state index contributed by atoms with van der Waals surface area (Å²) in [6.45, 7) is 1.70. The molecule has 19 heavy (non-hydrogen) atoms. The molecule has 1 aromatic rings. The lowest BCUT2D eigenvalue weighted by molar-refractivity contribution is -0.137. The summed E-state index contributed by atoms with van der Waals surface area (Å²) in [6, 6.07) is 4.14. The lowest BCUT2D eigenvalue weighted by Crippen LogP contribution is -2.38. The third-order valence-electron chi connectivity index (χ3n) is 2.61. The second-order valence-corrected chi connectivity index (χ2v) is 4.16. The van der Waals surface area contributed by atoms with Crippen molar-refractivity contribution >= 4 is 5.69 Å². The largest absolute Gasteiger partial charge is 0.417 e. The molecule has 4 nitrogen and oxygen atoms in total. The molecule has 1 rings (SSSR count). The average Bonchev–Trinajstić information content (AvgIpc) is 2.34. The van der Waals surface area contributed by atoms with Crippen molar-refractivity contribution in [2.24, 2.45) is 5.73 Å². The van der Waals surface area contributed by atoms with Crippen molar-refractivity contribution in [2.75, 3.05) is 11.9 Å². The molecule has 7 heteroatoms. The Hall–Kier alpha value is -1.78. The van der Waals surface area contributed by atoms with E-state index in [-0.39, 0.29) is 6.54 Å². The third-order valence-corrected chi connectivity index (χ3v) is 2.61. The maximum absolute atomic E-state index is 12.6. The van der Waals surface area contributed by atoms with Crippen LogP contribution < -0.4 is 11.1 Å². The molecule has 0 saturated heterocycles. The van der Waals surface area contributed by atoms with Crippen LogP contribution in [0.25, 0.3) is 0 Å². The number of nitrogens with zero attached hydrogens (tertiary/aromatic N) is 1. The van der Waals surface area contributed by atoms with Crippen molar-refractivity contribution < 1.29 is 18.3 Å². The van der Waals surface area contributed by atoms with Gasteiger partial charge in [0.15, 0.2) is 0 Å². The normalized spacial score (nSPS) is 14.6. The Morgan fingerprint density at radius 1 is 1.47 bits per heavy atom. The first-order valence-electron chi connectivity index (χ1n) is 5.54. The SMILES string of the molecule is CC(O)C(N)CNc1ccc(C(F)(F)F)c(C#N)c1. The number of nitrogens with two attached hydrogens (primary N) is 1. The fourth-order valence-corrected chi connectivity index (χ4v) is 1.40. The average molecular weight is 273 g/mol. The van der Waals surface area contributed by atoms with Gasteiger partial charge >= 0.3 is 6.18 Å². The van der Waals surface area contributed by atoms with Crippen molar-refractivity contribution in [3.05, 3.63) is 29.3 Å². The Bertz CT molecular complexity index is 480. The van der Waals surface area contributed by atoms with Gasteiger partial charge in [-0.3, -0.25) is 0 Å². The molecule has 0 radical (unpaired) electrons. The number of aliphatic hydroxyl groups excluding tert-OH is 1. The van der Waals surface area contributed by atoms with Gasteiger partial charge in [-0.15, -0.1) is 0 Å². The summed E-state index contributed by atoms with van der Waals surface area (Å²) >= 11 is 0. The summed E-state index contributed by atoms with van der Waals surface area (Å²) in [7, 11) is 0. The number of benzene rings is 1. The van der Waals surface area contributed by atoms with E-state index in [1.165, 1.54) is 19.1 Å². The topological polar surface area (TPSA) is 82.1 Å². The number of nitriles is 1. The Kier molecular flexibility index (Phi) is 4.75. The molecule has 0 fully saturated rings. The van der Waals surface area contributed by atoms with Crippen molar-refractivity contribution in [3.8, 4) is 6.07 Å². The summed E-state index contributed by atoms with van der Waals surface area (Å²) in [6.07, 6.45) is -5.29. The van der Waals surface area contributed by atoms with Gasteiger partial charge in [0.25, 0.3) is 0 Å². The van der Waals surface area contributed by atoms with Gasteiger partial charge < -0.3 is 16.2 Å². The summed E-state index contributed by atoms with van der Waals surface area (Å²) in [5.41, 5.74) is 4.50. The zero-order chi connectivity index (χ0) is 14.6. The molecule has 0 bridgehead atoms. The molecule has 0 saturated carbocycles. The van der Waals surface area contributed by atoms with Crippen LogP contribution in [0.15, 0.2) is 18.2 Å². The highest BCUT2D eigenvalue weighted by Gasteiger charge is 2.33. The van der Waals surface area contributed by atoms with Crippen molar-refractivity contribution in [2.45, 2.75) is 25.2 Å². The minimum absolute atomic E-state index is 0.188. The zero-order valence-corrected chi connectivity index (χ0v) is 10.2. The molecule has 0 aliphatic heterocycles. The predicted octanol–water partition coefficient (Wildman–Crippen LogP) is 1.70. The van der Waals surface area contributed by atoms with E-state index in [2.05, 4.69) is 5.32 Å². The second kappa shape index (κ2) is 5.91. The number of aliphatic hydroxyl groups is 1. The smallest absolute Gasteiger partial charge is 0.392 e. The molecule has 2 atom stereocenters. The number of anilines is 1. The van der Waals surface area contributed by atoms with Gasteiger partial charge in [0.05, 0.1) is 23.3 Å². The Morgan fingerprint density at radius 2 is 2.11 bits per heavy atom. The van der Waals surface area contributed by atoms with Crippen LogP contribution in [0, 0.1) is 11.3 Å². The van der Waals surface area contributed by atoms with E-state index in [1.807, 2.05) is 0 Å². The summed E-state index contributed by atoms with van der Waals surface area (Å²) in [5, 5.41) is 20.7. The molecular weight excluding hydrogens is 259 g/mol. The van der Waals surface area contributed by atoms with E-state index in [1.54, 1.807) is 0 Å². The minimum atomic E-state index is -4.56. The van der Waals surface area contributed by atoms with Crippen LogP contribution in [0.3, 0.4) is 0 Å². The van der Waals surface area contributed by atoms with E-state index >= 15 is 0 Å². The Labute approximate surface area is 108 Å². The summed E-state index contributed by atoms with van der Waals surface area (Å²) in [5.74, 6) is 0. The molecular formula is C12H14F3N3O. The standard InChI is InChI=1S/C12H14F3N3O/c1-7(19)11(17)6-18-9-2-3-10(12(13,14)15)8(4-9)5-16/h2-4,7,11,18-19H,6,17H2,1H3.